The molecule has 0 nitrogen and oxygen atoms in total. The van der Waals surface area contributed by atoms with E-state index < -0.39 is 7.26 Å². The van der Waals surface area contributed by atoms with E-state index in [4.69, 9.17) is 0 Å². The van der Waals surface area contributed by atoms with Crippen LogP contribution in [-0.2, 0) is 0 Å². The minimum Gasteiger partial charge on any atom is -0.0620 e. The van der Waals surface area contributed by atoms with Crippen molar-refractivity contribution in [1.29, 1.82) is 0 Å². The maximum atomic E-state index is 2.41. The molecule has 0 spiro atoms. The van der Waals surface area contributed by atoms with Gasteiger partial charge in [-0.2, -0.15) is 0 Å². The largest absolute Gasteiger partial charge is 0.235 e. The van der Waals surface area contributed by atoms with Crippen LogP contribution in [0.4, 0.5) is 0 Å². The lowest BCUT2D eigenvalue weighted by molar-refractivity contribution is -0.00000390. The van der Waals surface area contributed by atoms with E-state index >= 15 is 0 Å². The van der Waals surface area contributed by atoms with Crippen LogP contribution in [0.2, 0.25) is 0 Å². The van der Waals surface area contributed by atoms with Gasteiger partial charge in [0.05, 0.1) is 6.66 Å². The van der Waals surface area contributed by atoms with Crippen LogP contribution in [0, 0.1) is 0 Å². The Morgan fingerprint density at radius 1 is 0.476 bits per heavy atom. The van der Waals surface area contributed by atoms with Crippen LogP contribution in [0.25, 0.3) is 0 Å². The number of benzene rings is 3. The van der Waals surface area contributed by atoms with E-state index in [9.17, 15) is 0 Å². The van der Waals surface area contributed by atoms with Crippen molar-refractivity contribution in [2.45, 2.75) is 0 Å². The summed E-state index contributed by atoms with van der Waals surface area (Å²) in [5.41, 5.74) is 0. The fourth-order valence-electron chi connectivity index (χ4n) is 2.63. The van der Waals surface area contributed by atoms with E-state index in [0.29, 0.717) is 0 Å². The van der Waals surface area contributed by atoms with Crippen molar-refractivity contribution >= 4 is 23.2 Å². The molecule has 0 radical (unpaired) electrons. The van der Waals surface area contributed by atoms with Gasteiger partial charge in [0, 0.05) is 0 Å². The minimum absolute atomic E-state index is 0. The predicted molar refractivity (Wildman–Crippen MR) is 93.9 cm³/mol. The zero-order valence-electron chi connectivity index (χ0n) is 12.1. The minimum atomic E-state index is -1.53. The third kappa shape index (κ3) is 3.20. The molecule has 0 aliphatic rings. The number of halogens is 1. The van der Waals surface area contributed by atoms with Gasteiger partial charge in [0.15, 0.2) is 0 Å². The highest BCUT2D eigenvalue weighted by atomic mass is 127. The first-order chi connectivity index (χ1) is 9.82. The monoisotopic (exact) mass is 406 g/mol. The summed E-state index contributed by atoms with van der Waals surface area (Å²) in [7, 11) is -1.53. The molecule has 0 amide bonds. The third-order valence-electron chi connectivity index (χ3n) is 3.82. The summed E-state index contributed by atoms with van der Waals surface area (Å²) in [6, 6.07) is 32.6. The van der Waals surface area contributed by atoms with E-state index in [1.54, 1.807) is 0 Å². The lowest BCUT2D eigenvalue weighted by Gasteiger charge is -2.22. The van der Waals surface area contributed by atoms with E-state index in [1.165, 1.54) is 15.9 Å². The summed E-state index contributed by atoms with van der Waals surface area (Å²) in [6.45, 7) is 2.41. The average molecular weight is 406 g/mol. The molecule has 0 bridgehead atoms. The maximum absolute atomic E-state index is 2.41. The Hall–Kier alpha value is -1.18. The van der Waals surface area contributed by atoms with Gasteiger partial charge < -0.3 is 0 Å². The van der Waals surface area contributed by atoms with Gasteiger partial charge in [-0.3, -0.25) is 0 Å². The molecule has 0 aromatic heterocycles. The Morgan fingerprint density at radius 3 is 0.952 bits per heavy atom. The van der Waals surface area contributed by atoms with Crippen molar-refractivity contribution in [3.63, 3.8) is 0 Å². The number of hydrogen-bond donors (Lipinski definition) is 0. The van der Waals surface area contributed by atoms with Crippen LogP contribution in [0.15, 0.2) is 91.0 Å². The highest BCUT2D eigenvalue weighted by Gasteiger charge is 2.39. The highest BCUT2D eigenvalue weighted by molar-refractivity contribution is 7.95. The molecule has 0 aliphatic heterocycles. The maximum Gasteiger partial charge on any atom is 0.235 e. The highest BCUT2D eigenvalue weighted by Crippen LogP contribution is 2.51. The Kier molecular flexibility index (Phi) is 5.55. The van der Waals surface area contributed by atoms with Crippen molar-refractivity contribution in [1.82, 2.24) is 0 Å². The first-order valence-electron chi connectivity index (χ1n) is 6.85. The second-order valence-electron chi connectivity index (χ2n) is 5.01. The van der Waals surface area contributed by atoms with E-state index in [1.807, 2.05) is 0 Å². The van der Waals surface area contributed by atoms with Crippen molar-refractivity contribution in [3.8, 4) is 0 Å². The molecule has 3 aromatic carbocycles. The zero-order chi connectivity index (χ0) is 13.8. The molecule has 0 atom stereocenters. The predicted octanol–water partition coefficient (Wildman–Crippen LogP) is 0.0789. The van der Waals surface area contributed by atoms with Crippen LogP contribution in [0.1, 0.15) is 0 Å². The Morgan fingerprint density at radius 2 is 0.714 bits per heavy atom. The van der Waals surface area contributed by atoms with E-state index in [0.717, 1.165) is 0 Å². The second kappa shape index (κ2) is 7.20. The Labute approximate surface area is 144 Å². The normalized spacial score (nSPS) is 10.7. The van der Waals surface area contributed by atoms with Crippen LogP contribution in [0.5, 0.6) is 0 Å². The summed E-state index contributed by atoms with van der Waals surface area (Å²) in [6.07, 6.45) is 0. The van der Waals surface area contributed by atoms with Gasteiger partial charge in [0.2, 0.25) is 24.0 Å². The molecule has 0 saturated carbocycles. The molecule has 0 heterocycles. The van der Waals surface area contributed by atoms with Crippen molar-refractivity contribution < 1.29 is 24.0 Å². The molecule has 0 unspecified atom stereocenters. The summed E-state index contributed by atoms with van der Waals surface area (Å²) < 4.78 is 0. The fourth-order valence-corrected chi connectivity index (χ4v) is 5.83. The molecule has 2 heteroatoms. The van der Waals surface area contributed by atoms with Gasteiger partial charge in [-0.05, 0) is 36.4 Å². The number of hydrogen-bond acceptors (Lipinski definition) is 0. The second-order valence-corrected chi connectivity index (χ2v) is 8.57. The first kappa shape index (κ1) is 16.2. The van der Waals surface area contributed by atoms with Crippen molar-refractivity contribution in [2.24, 2.45) is 0 Å². The Balaban J connectivity index is 0.00000161. The van der Waals surface area contributed by atoms with Gasteiger partial charge in [-0.15, -0.1) is 0 Å². The molecule has 0 aliphatic carbocycles. The topological polar surface area (TPSA) is 0 Å². The fraction of sp³-hybridized carbons (Fsp3) is 0.0526. The van der Waals surface area contributed by atoms with Crippen LogP contribution >= 0.6 is 7.26 Å². The number of rotatable bonds is 3. The molecule has 3 aromatic rings. The van der Waals surface area contributed by atoms with Gasteiger partial charge in [-0.25, -0.2) is 0 Å². The van der Waals surface area contributed by atoms with Gasteiger partial charge in [0.1, 0.15) is 23.2 Å². The molecule has 0 saturated heterocycles. The van der Waals surface area contributed by atoms with Crippen LogP contribution in [0.3, 0.4) is 0 Å². The third-order valence-corrected chi connectivity index (χ3v) is 7.81. The van der Waals surface area contributed by atoms with E-state index in [2.05, 4.69) is 97.7 Å². The van der Waals surface area contributed by atoms with Gasteiger partial charge in [0.25, 0.3) is 0 Å². The van der Waals surface area contributed by atoms with Crippen LogP contribution < -0.4 is 39.9 Å². The molecule has 0 fully saturated rings. The molecule has 106 valence electrons. The average Bonchev–Trinajstić information content (AvgIpc) is 2.56. The zero-order valence-corrected chi connectivity index (χ0v) is 15.5. The molecule has 21 heavy (non-hydrogen) atoms. The van der Waals surface area contributed by atoms with Crippen molar-refractivity contribution in [3.05, 3.63) is 91.0 Å². The van der Waals surface area contributed by atoms with Crippen molar-refractivity contribution in [2.75, 3.05) is 6.66 Å². The first-order valence-corrected chi connectivity index (χ1v) is 9.09. The summed E-state index contributed by atoms with van der Waals surface area (Å²) in [4.78, 5) is 0. The standard InChI is InChI=1S/C19H18P.H2I/c1-20(17-11-5-2-6-12-17,18-13-7-3-8-14-18)19-15-9-4-10-16-19;/h2-16H,1H3;1H2/q2*+1. The molecule has 3 rings (SSSR count). The summed E-state index contributed by atoms with van der Waals surface area (Å²) >= 11 is 0. The van der Waals surface area contributed by atoms with E-state index in [-0.39, 0.29) is 24.0 Å². The summed E-state index contributed by atoms with van der Waals surface area (Å²) in [5.74, 6) is 0. The summed E-state index contributed by atoms with van der Waals surface area (Å²) in [5, 5.41) is 4.28. The van der Waals surface area contributed by atoms with Gasteiger partial charge in [-0.1, -0.05) is 54.6 Å². The van der Waals surface area contributed by atoms with Crippen LogP contribution in [-0.4, -0.2) is 6.66 Å². The smallest absolute Gasteiger partial charge is 0.0620 e. The van der Waals surface area contributed by atoms with Gasteiger partial charge >= 0.3 is 0 Å². The molecular formula is C19H20IP+2. The Bertz CT molecular complexity index is 569. The lowest BCUT2D eigenvalue weighted by atomic mass is 10.4. The quantitative estimate of drug-likeness (QED) is 0.427. The SMILES string of the molecule is C[P+](c1ccccc1)(c1ccccc1)c1ccccc1.[IH2+]. The lowest BCUT2D eigenvalue weighted by Crippen LogP contribution is -3.00. The molecule has 0 N–H and O–H groups in total. The molecular weight excluding hydrogens is 386 g/mol.